The number of hydrogen-bond acceptors (Lipinski definition) is 5. The molecule has 156 valence electrons. The lowest BCUT2D eigenvalue weighted by atomic mass is 10.1. The first-order valence-electron chi connectivity index (χ1n) is 9.76. The van der Waals surface area contributed by atoms with Crippen LogP contribution in [-0.4, -0.2) is 56.0 Å². The predicted octanol–water partition coefficient (Wildman–Crippen LogP) is 2.29. The van der Waals surface area contributed by atoms with E-state index in [9.17, 15) is 14.4 Å². The molecule has 0 unspecified atom stereocenters. The second-order valence-corrected chi connectivity index (χ2v) is 7.25. The third kappa shape index (κ3) is 3.56. The number of carbonyl (C=O) groups is 3. The maximum absolute atomic E-state index is 13.2. The van der Waals surface area contributed by atoms with Gasteiger partial charge in [0.1, 0.15) is 24.1 Å². The summed E-state index contributed by atoms with van der Waals surface area (Å²) in [6.45, 7) is 0.347. The molecular weight excluding hydrogens is 386 g/mol. The van der Waals surface area contributed by atoms with Crippen molar-refractivity contribution in [1.82, 2.24) is 4.90 Å². The van der Waals surface area contributed by atoms with Gasteiger partial charge in [-0.1, -0.05) is 12.1 Å². The lowest BCUT2D eigenvalue weighted by Gasteiger charge is -2.25. The van der Waals surface area contributed by atoms with Gasteiger partial charge in [-0.15, -0.1) is 0 Å². The van der Waals surface area contributed by atoms with Gasteiger partial charge in [-0.3, -0.25) is 14.4 Å². The average Bonchev–Trinajstić information content (AvgIpc) is 3.23. The number of para-hydroxylation sites is 1. The number of benzene rings is 2. The van der Waals surface area contributed by atoms with Crippen molar-refractivity contribution in [3.05, 3.63) is 48.0 Å². The highest BCUT2D eigenvalue weighted by atomic mass is 16.5. The molecule has 0 aromatic heterocycles. The first-order chi connectivity index (χ1) is 14.5. The fraction of sp³-hybridized carbons (Fsp3) is 0.318. The van der Waals surface area contributed by atoms with E-state index in [4.69, 9.17) is 9.47 Å². The van der Waals surface area contributed by atoms with Gasteiger partial charge in [0, 0.05) is 30.4 Å². The minimum atomic E-state index is -0.533. The van der Waals surface area contributed by atoms with Crippen LogP contribution in [0.2, 0.25) is 0 Å². The largest absolute Gasteiger partial charge is 0.497 e. The number of methoxy groups -OCH3 is 2. The number of hydrogen-bond donors (Lipinski definition) is 1. The molecule has 2 aromatic rings. The smallest absolute Gasteiger partial charge is 0.256 e. The summed E-state index contributed by atoms with van der Waals surface area (Å²) in [6.07, 6.45) is 1.37. The van der Waals surface area contributed by atoms with Crippen LogP contribution in [0.5, 0.6) is 11.5 Å². The second-order valence-electron chi connectivity index (χ2n) is 7.25. The Bertz CT molecular complexity index is 984. The number of fused-ring (bicyclic) bond motifs is 2. The van der Waals surface area contributed by atoms with Gasteiger partial charge in [-0.05, 0) is 25.0 Å². The van der Waals surface area contributed by atoms with Gasteiger partial charge in [-0.25, -0.2) is 0 Å². The zero-order valence-corrected chi connectivity index (χ0v) is 16.9. The normalized spacial score (nSPS) is 17.9. The lowest BCUT2D eigenvalue weighted by molar-refractivity contribution is -0.124. The van der Waals surface area contributed by atoms with Crippen molar-refractivity contribution in [1.29, 1.82) is 0 Å². The fourth-order valence-electron chi connectivity index (χ4n) is 4.00. The molecule has 8 nitrogen and oxygen atoms in total. The van der Waals surface area contributed by atoms with Gasteiger partial charge < -0.3 is 24.6 Å². The molecule has 0 aliphatic carbocycles. The Kier molecular flexibility index (Phi) is 5.31. The molecule has 2 aromatic carbocycles. The molecule has 0 radical (unpaired) electrons. The lowest BCUT2D eigenvalue weighted by Crippen LogP contribution is -2.47. The summed E-state index contributed by atoms with van der Waals surface area (Å²) in [6, 6.07) is 11.4. The van der Waals surface area contributed by atoms with Crippen LogP contribution in [0.25, 0.3) is 0 Å². The zero-order valence-electron chi connectivity index (χ0n) is 16.9. The van der Waals surface area contributed by atoms with E-state index < -0.39 is 6.04 Å². The van der Waals surface area contributed by atoms with Gasteiger partial charge in [-0.2, -0.15) is 0 Å². The Morgan fingerprint density at radius 3 is 2.50 bits per heavy atom. The SMILES string of the molecule is COc1cc(NC(=O)CN2C(=O)[C@@H]3CCCN3C(=O)c3ccccc32)cc(OC)c1. The summed E-state index contributed by atoms with van der Waals surface area (Å²) in [4.78, 5) is 42.0. The van der Waals surface area contributed by atoms with E-state index in [0.717, 1.165) is 6.42 Å². The Balaban J connectivity index is 1.61. The number of ether oxygens (including phenoxy) is 2. The standard InChI is InChI=1S/C22H23N3O5/c1-29-15-10-14(11-16(12-15)30-2)23-20(26)13-25-18-7-4-3-6-17(18)21(27)24-9-5-8-19(24)22(25)28/h3-4,6-7,10-12,19H,5,8-9,13H2,1-2H3,(H,23,26)/t19-/m0/s1. The number of rotatable bonds is 5. The summed E-state index contributed by atoms with van der Waals surface area (Å²) in [7, 11) is 3.05. The number of carbonyl (C=O) groups excluding carboxylic acids is 3. The summed E-state index contributed by atoms with van der Waals surface area (Å²) >= 11 is 0. The molecule has 1 N–H and O–H groups in total. The fourth-order valence-corrected chi connectivity index (χ4v) is 4.00. The van der Waals surface area contributed by atoms with Crippen molar-refractivity contribution in [2.75, 3.05) is 37.5 Å². The number of nitrogens with one attached hydrogen (secondary N) is 1. The van der Waals surface area contributed by atoms with E-state index >= 15 is 0 Å². The molecule has 2 aliphatic heterocycles. The molecule has 0 bridgehead atoms. The molecule has 4 rings (SSSR count). The molecule has 2 heterocycles. The quantitative estimate of drug-likeness (QED) is 0.819. The molecule has 8 heteroatoms. The number of amides is 3. The van der Waals surface area contributed by atoms with E-state index in [1.54, 1.807) is 47.4 Å². The van der Waals surface area contributed by atoms with E-state index in [2.05, 4.69) is 5.32 Å². The second kappa shape index (κ2) is 8.06. The summed E-state index contributed by atoms with van der Waals surface area (Å²) in [5.41, 5.74) is 1.39. The van der Waals surface area contributed by atoms with E-state index in [1.807, 2.05) is 0 Å². The van der Waals surface area contributed by atoms with Crippen molar-refractivity contribution in [3.63, 3.8) is 0 Å². The minimum absolute atomic E-state index is 0.165. The highest BCUT2D eigenvalue weighted by Gasteiger charge is 2.42. The zero-order chi connectivity index (χ0) is 21.3. The molecule has 1 atom stereocenters. The van der Waals surface area contributed by atoms with Crippen LogP contribution in [-0.2, 0) is 9.59 Å². The van der Waals surface area contributed by atoms with Crippen molar-refractivity contribution >= 4 is 29.1 Å². The first kappa shape index (κ1) is 19.8. The maximum Gasteiger partial charge on any atom is 0.256 e. The highest BCUT2D eigenvalue weighted by molar-refractivity contribution is 6.13. The summed E-state index contributed by atoms with van der Waals surface area (Å²) < 4.78 is 10.5. The predicted molar refractivity (Wildman–Crippen MR) is 111 cm³/mol. The van der Waals surface area contributed by atoms with Crippen molar-refractivity contribution in [2.45, 2.75) is 18.9 Å². The maximum atomic E-state index is 13.2. The summed E-state index contributed by atoms with van der Waals surface area (Å²) in [5.74, 6) is 0.291. The molecule has 1 fully saturated rings. The molecule has 1 saturated heterocycles. The van der Waals surface area contributed by atoms with Gasteiger partial charge in [0.15, 0.2) is 0 Å². The number of nitrogens with zero attached hydrogens (tertiary/aromatic N) is 2. The Hall–Kier alpha value is -3.55. The summed E-state index contributed by atoms with van der Waals surface area (Å²) in [5, 5.41) is 2.79. The minimum Gasteiger partial charge on any atom is -0.497 e. The van der Waals surface area contributed by atoms with Crippen LogP contribution in [0.4, 0.5) is 11.4 Å². The van der Waals surface area contributed by atoms with Crippen molar-refractivity contribution in [3.8, 4) is 11.5 Å². The average molecular weight is 409 g/mol. The van der Waals surface area contributed by atoms with Crippen LogP contribution in [0.3, 0.4) is 0 Å². The molecule has 0 spiro atoms. The van der Waals surface area contributed by atoms with E-state index in [-0.39, 0.29) is 24.3 Å². The molecular formula is C22H23N3O5. The van der Waals surface area contributed by atoms with E-state index in [0.29, 0.717) is 41.4 Å². The molecule has 3 amide bonds. The van der Waals surface area contributed by atoms with Crippen molar-refractivity contribution in [2.24, 2.45) is 0 Å². The Morgan fingerprint density at radius 2 is 1.80 bits per heavy atom. The van der Waals surface area contributed by atoms with Gasteiger partial charge >= 0.3 is 0 Å². The van der Waals surface area contributed by atoms with Crippen LogP contribution in [0.1, 0.15) is 23.2 Å². The topological polar surface area (TPSA) is 88.2 Å². The first-order valence-corrected chi connectivity index (χ1v) is 9.76. The highest BCUT2D eigenvalue weighted by Crippen LogP contribution is 2.32. The van der Waals surface area contributed by atoms with Crippen molar-refractivity contribution < 1.29 is 23.9 Å². The van der Waals surface area contributed by atoms with Gasteiger partial charge in [0.05, 0.1) is 25.5 Å². The Labute approximate surface area is 174 Å². The van der Waals surface area contributed by atoms with Crippen LogP contribution < -0.4 is 19.7 Å². The third-order valence-electron chi connectivity index (χ3n) is 5.43. The Morgan fingerprint density at radius 1 is 1.10 bits per heavy atom. The number of anilines is 2. The molecule has 30 heavy (non-hydrogen) atoms. The molecule has 0 saturated carbocycles. The van der Waals surface area contributed by atoms with E-state index in [1.165, 1.54) is 19.1 Å². The van der Waals surface area contributed by atoms with Crippen LogP contribution >= 0.6 is 0 Å². The van der Waals surface area contributed by atoms with Crippen LogP contribution in [0.15, 0.2) is 42.5 Å². The van der Waals surface area contributed by atoms with Crippen LogP contribution in [0, 0.1) is 0 Å². The van der Waals surface area contributed by atoms with Gasteiger partial charge in [0.2, 0.25) is 11.8 Å². The van der Waals surface area contributed by atoms with Gasteiger partial charge in [0.25, 0.3) is 5.91 Å². The molecule has 2 aliphatic rings. The third-order valence-corrected chi connectivity index (χ3v) is 5.43. The monoisotopic (exact) mass is 409 g/mol.